The van der Waals surface area contributed by atoms with Crippen LogP contribution in [-0.4, -0.2) is 48.2 Å². The second-order valence-electron chi connectivity index (χ2n) is 10.4. The van der Waals surface area contributed by atoms with E-state index in [4.69, 9.17) is 15.7 Å². The summed E-state index contributed by atoms with van der Waals surface area (Å²) in [7, 11) is 1.89. The van der Waals surface area contributed by atoms with Crippen molar-refractivity contribution >= 4 is 40.4 Å². The van der Waals surface area contributed by atoms with Crippen LogP contribution in [0.3, 0.4) is 0 Å². The van der Waals surface area contributed by atoms with Crippen molar-refractivity contribution in [3.63, 3.8) is 0 Å². The molecule has 0 saturated carbocycles. The smallest absolute Gasteiger partial charge is 0.352 e. The van der Waals surface area contributed by atoms with E-state index < -0.39 is 5.54 Å². The van der Waals surface area contributed by atoms with E-state index in [1.807, 2.05) is 73.8 Å². The third kappa shape index (κ3) is 4.27. The fourth-order valence-corrected chi connectivity index (χ4v) is 5.71. The number of para-hydroxylation sites is 3. The Bertz CT molecular complexity index is 1610. The van der Waals surface area contributed by atoms with Crippen LogP contribution >= 0.6 is 0 Å². The number of anilines is 2. The molecular weight excluding hydrogens is 500 g/mol. The van der Waals surface area contributed by atoms with E-state index in [2.05, 4.69) is 10.6 Å². The minimum absolute atomic E-state index is 0.0332. The quantitative estimate of drug-likeness (QED) is 0.262. The maximum atomic E-state index is 14.8. The summed E-state index contributed by atoms with van der Waals surface area (Å²) in [6, 6.07) is 28.5. The van der Waals surface area contributed by atoms with Crippen molar-refractivity contribution in [3.05, 3.63) is 114 Å². The number of hydrogen-bond acceptors (Lipinski definition) is 6. The minimum atomic E-state index is -0.924. The first-order chi connectivity index (χ1) is 19.4. The van der Waals surface area contributed by atoms with Gasteiger partial charge in [-0.1, -0.05) is 54.6 Å². The number of fused-ring (bicyclic) bond motifs is 1. The van der Waals surface area contributed by atoms with Crippen LogP contribution in [0.2, 0.25) is 0 Å². The number of rotatable bonds is 4. The zero-order valence-corrected chi connectivity index (χ0v) is 22.3. The number of nitrogens with zero attached hydrogens (tertiary/aromatic N) is 3. The summed E-state index contributed by atoms with van der Waals surface area (Å²) in [5.74, 6) is 0.163. The molecule has 200 valence electrons. The fourth-order valence-electron chi connectivity index (χ4n) is 5.71. The van der Waals surface area contributed by atoms with Crippen LogP contribution < -0.4 is 20.9 Å². The number of amides is 2. The lowest BCUT2D eigenvalue weighted by Gasteiger charge is -2.38. The lowest BCUT2D eigenvalue weighted by molar-refractivity contribution is -0.133. The van der Waals surface area contributed by atoms with Gasteiger partial charge in [0.05, 0.1) is 35.3 Å². The molecule has 6 rings (SSSR count). The van der Waals surface area contributed by atoms with E-state index in [-0.39, 0.29) is 16.3 Å². The van der Waals surface area contributed by atoms with Crippen LogP contribution in [-0.2, 0) is 4.79 Å². The Morgan fingerprint density at radius 3 is 2.35 bits per heavy atom. The summed E-state index contributed by atoms with van der Waals surface area (Å²) < 4.78 is -0.163. The van der Waals surface area contributed by atoms with Crippen molar-refractivity contribution in [2.45, 2.75) is 18.4 Å². The summed E-state index contributed by atoms with van der Waals surface area (Å²) in [5, 5.41) is 6.23. The summed E-state index contributed by atoms with van der Waals surface area (Å²) >= 11 is 0. The minimum Gasteiger partial charge on any atom is -0.397 e. The van der Waals surface area contributed by atoms with E-state index >= 15 is 0 Å². The molecule has 1 fully saturated rings. The molecule has 1 saturated heterocycles. The predicted octanol–water partition coefficient (Wildman–Crippen LogP) is 4.68. The van der Waals surface area contributed by atoms with E-state index in [1.165, 1.54) is 6.20 Å². The van der Waals surface area contributed by atoms with Gasteiger partial charge in [0.1, 0.15) is 0 Å². The highest BCUT2D eigenvalue weighted by Crippen LogP contribution is 2.44. The van der Waals surface area contributed by atoms with Crippen LogP contribution in [0.4, 0.5) is 22.9 Å². The average Bonchev–Trinajstić information content (AvgIpc) is 3.08. The zero-order valence-electron chi connectivity index (χ0n) is 22.3. The lowest BCUT2D eigenvalue weighted by atomic mass is 9.86. The summed E-state index contributed by atoms with van der Waals surface area (Å²) in [6.07, 6.45) is 2.69. The molecular formula is C32H31N6O2+. The third-order valence-electron chi connectivity index (χ3n) is 7.93. The molecule has 8 heteroatoms. The molecule has 0 aliphatic carbocycles. The highest BCUT2D eigenvalue weighted by molar-refractivity contribution is 6.20. The fraction of sp³-hybridized carbons (Fsp3) is 0.188. The van der Waals surface area contributed by atoms with Crippen LogP contribution in [0.5, 0.6) is 0 Å². The van der Waals surface area contributed by atoms with Gasteiger partial charge in [0.15, 0.2) is 11.2 Å². The third-order valence-corrected chi connectivity index (χ3v) is 7.93. The molecule has 8 nitrogen and oxygen atoms in total. The second-order valence-corrected chi connectivity index (χ2v) is 10.4. The van der Waals surface area contributed by atoms with Crippen molar-refractivity contribution in [2.24, 2.45) is 4.99 Å². The average molecular weight is 532 g/mol. The van der Waals surface area contributed by atoms with Gasteiger partial charge < -0.3 is 16.4 Å². The normalized spacial score (nSPS) is 19.8. The van der Waals surface area contributed by atoms with E-state index in [0.717, 1.165) is 22.5 Å². The van der Waals surface area contributed by atoms with Gasteiger partial charge in [0.25, 0.3) is 5.91 Å². The van der Waals surface area contributed by atoms with Gasteiger partial charge in [-0.3, -0.25) is 9.79 Å². The van der Waals surface area contributed by atoms with Crippen molar-refractivity contribution < 1.29 is 9.59 Å². The molecule has 2 amide bonds. The molecule has 1 aromatic heterocycles. The molecule has 4 aromatic rings. The van der Waals surface area contributed by atoms with Crippen LogP contribution in [0.25, 0.3) is 0 Å². The highest BCUT2D eigenvalue weighted by Gasteiger charge is 2.56. The topological polar surface area (TPSA) is 109 Å². The number of aliphatic imine (C=N–C) groups is 1. The largest absolute Gasteiger partial charge is 0.397 e. The predicted molar refractivity (Wildman–Crippen MR) is 159 cm³/mol. The molecule has 0 radical (unpaired) electrons. The first kappa shape index (κ1) is 25.6. The number of piperidine rings is 1. The Kier molecular flexibility index (Phi) is 6.50. The van der Waals surface area contributed by atoms with Gasteiger partial charge in [-0.05, 0) is 50.2 Å². The molecule has 3 heterocycles. The number of likely N-dealkylation sites (N-methyl/N-ethyl adjacent to an activating group) is 1. The molecule has 0 bridgehead atoms. The summed E-state index contributed by atoms with van der Waals surface area (Å²) in [4.78, 5) is 37.8. The summed E-state index contributed by atoms with van der Waals surface area (Å²) in [5.41, 5.74) is 9.92. The number of nitrogens with one attached hydrogen (secondary N) is 2. The maximum absolute atomic E-state index is 14.8. The van der Waals surface area contributed by atoms with Gasteiger partial charge >= 0.3 is 5.91 Å². The Morgan fingerprint density at radius 2 is 1.62 bits per heavy atom. The number of nitrogens with two attached hydrogens (primary N) is 1. The number of hydrogen-bond donors (Lipinski definition) is 3. The molecule has 2 aliphatic heterocycles. The van der Waals surface area contributed by atoms with Crippen molar-refractivity contribution in [1.29, 1.82) is 0 Å². The lowest BCUT2D eigenvalue weighted by Crippen LogP contribution is -2.59. The second kappa shape index (κ2) is 10.1. The van der Waals surface area contributed by atoms with Crippen molar-refractivity contribution in [1.82, 2.24) is 14.8 Å². The van der Waals surface area contributed by atoms with Gasteiger partial charge in [0.2, 0.25) is 5.82 Å². The van der Waals surface area contributed by atoms with Gasteiger partial charge in [-0.15, -0.1) is 0 Å². The van der Waals surface area contributed by atoms with E-state index in [0.29, 0.717) is 48.7 Å². The first-order valence-electron chi connectivity index (χ1n) is 13.4. The number of carbonyl (C=O) groups excluding carboxylic acids is 2. The number of nitrogen functional groups attached to an aromatic ring is 1. The Balaban J connectivity index is 1.46. The van der Waals surface area contributed by atoms with E-state index in [9.17, 15) is 9.59 Å². The Morgan fingerprint density at radius 1 is 0.925 bits per heavy atom. The summed E-state index contributed by atoms with van der Waals surface area (Å²) in [6.45, 7) is 1.39. The SMILES string of the molecule is C[N+]1(c2ccc(C(=O)Nc3ccccc3N)cn2)C(=O)C2(CCNCC2)N=C(c2ccccc2)c2ccccc21. The number of aromatic nitrogens is 1. The Labute approximate surface area is 233 Å². The molecule has 1 spiro atoms. The first-order valence-corrected chi connectivity index (χ1v) is 13.4. The van der Waals surface area contributed by atoms with Gasteiger partial charge in [0, 0.05) is 23.9 Å². The number of benzene rings is 3. The standard InChI is InChI=1S/C32H30N6O2/c1-38(28-16-15-23(21-35-28)30(39)36-26-13-7-6-12-25(26)33)27-14-8-5-11-24(27)29(22-9-3-2-4-10-22)37-32(31(38)40)17-19-34-20-18-32/h2-16,21,34H,17-20,33H2,1H3/p+1. The highest BCUT2D eigenvalue weighted by atomic mass is 16.2. The molecule has 3 aromatic carbocycles. The number of quaternary nitrogens is 1. The van der Waals surface area contributed by atoms with Crippen LogP contribution in [0, 0.1) is 0 Å². The van der Waals surface area contributed by atoms with E-state index in [1.54, 1.807) is 24.3 Å². The molecule has 2 aliphatic rings. The molecule has 4 N–H and O–H groups in total. The number of pyridine rings is 1. The molecule has 40 heavy (non-hydrogen) atoms. The number of carbonyl (C=O) groups is 2. The van der Waals surface area contributed by atoms with Gasteiger partial charge in [-0.2, -0.15) is 4.48 Å². The zero-order chi connectivity index (χ0) is 27.7. The van der Waals surface area contributed by atoms with Crippen LogP contribution in [0.1, 0.15) is 34.3 Å². The molecule has 1 atom stereocenters. The molecule has 1 unspecified atom stereocenters. The van der Waals surface area contributed by atoms with Gasteiger partial charge in [-0.25, -0.2) is 9.78 Å². The monoisotopic (exact) mass is 531 g/mol. The Hall–Kier alpha value is -4.66. The van der Waals surface area contributed by atoms with Crippen molar-refractivity contribution in [3.8, 4) is 0 Å². The van der Waals surface area contributed by atoms with Crippen LogP contribution in [0.15, 0.2) is 102 Å². The van der Waals surface area contributed by atoms with Crippen molar-refractivity contribution in [2.75, 3.05) is 31.2 Å². The maximum Gasteiger partial charge on any atom is 0.352 e.